The van der Waals surface area contributed by atoms with E-state index in [9.17, 15) is 9.90 Å². The predicted molar refractivity (Wildman–Crippen MR) is 89.4 cm³/mol. The SMILES string of the molecule is Cc1nc(-c2cccc(C(=O)N(C)CC3CCCCC3O)c2)no1. The Balaban J connectivity index is 1.72. The summed E-state index contributed by atoms with van der Waals surface area (Å²) in [6, 6.07) is 7.23. The quantitative estimate of drug-likeness (QED) is 0.933. The number of aromatic nitrogens is 2. The van der Waals surface area contributed by atoms with E-state index in [-0.39, 0.29) is 17.9 Å². The molecule has 128 valence electrons. The molecule has 2 unspecified atom stereocenters. The van der Waals surface area contributed by atoms with Crippen molar-refractivity contribution in [2.24, 2.45) is 5.92 Å². The molecule has 1 aromatic heterocycles. The topological polar surface area (TPSA) is 79.5 Å². The molecule has 6 nitrogen and oxygen atoms in total. The van der Waals surface area contributed by atoms with Crippen molar-refractivity contribution in [3.8, 4) is 11.4 Å². The van der Waals surface area contributed by atoms with Crippen LogP contribution in [0.1, 0.15) is 41.9 Å². The molecule has 1 aliphatic rings. The molecule has 2 atom stereocenters. The summed E-state index contributed by atoms with van der Waals surface area (Å²) in [5.74, 6) is 1.07. The smallest absolute Gasteiger partial charge is 0.253 e. The number of nitrogens with zero attached hydrogens (tertiary/aromatic N) is 3. The first-order chi connectivity index (χ1) is 11.5. The first-order valence-electron chi connectivity index (χ1n) is 8.39. The lowest BCUT2D eigenvalue weighted by atomic mass is 9.86. The van der Waals surface area contributed by atoms with Gasteiger partial charge in [-0.25, -0.2) is 0 Å². The molecule has 1 amide bonds. The second-order valence-corrected chi connectivity index (χ2v) is 6.52. The third kappa shape index (κ3) is 3.64. The minimum atomic E-state index is -0.303. The number of carbonyl (C=O) groups excluding carboxylic acids is 1. The van der Waals surface area contributed by atoms with E-state index in [0.29, 0.717) is 23.8 Å². The fourth-order valence-electron chi connectivity index (χ4n) is 3.26. The number of aryl methyl sites for hydroxylation is 1. The van der Waals surface area contributed by atoms with Crippen LogP contribution in [-0.4, -0.2) is 45.8 Å². The lowest BCUT2D eigenvalue weighted by molar-refractivity contribution is 0.0451. The van der Waals surface area contributed by atoms with Gasteiger partial charge in [0.2, 0.25) is 11.7 Å². The second kappa shape index (κ2) is 7.13. The summed E-state index contributed by atoms with van der Waals surface area (Å²) >= 11 is 0. The van der Waals surface area contributed by atoms with Crippen molar-refractivity contribution in [3.63, 3.8) is 0 Å². The number of amides is 1. The number of aliphatic hydroxyl groups excluding tert-OH is 1. The maximum atomic E-state index is 12.7. The van der Waals surface area contributed by atoms with Gasteiger partial charge in [-0.1, -0.05) is 30.1 Å². The lowest BCUT2D eigenvalue weighted by Crippen LogP contribution is -2.38. The molecule has 6 heteroatoms. The molecule has 0 saturated heterocycles. The summed E-state index contributed by atoms with van der Waals surface area (Å²) < 4.78 is 4.99. The Morgan fingerprint density at radius 1 is 1.38 bits per heavy atom. The van der Waals surface area contributed by atoms with Crippen LogP contribution < -0.4 is 0 Å². The molecule has 2 aromatic rings. The van der Waals surface area contributed by atoms with Crippen molar-refractivity contribution in [2.75, 3.05) is 13.6 Å². The van der Waals surface area contributed by atoms with Crippen LogP contribution >= 0.6 is 0 Å². The summed E-state index contributed by atoms with van der Waals surface area (Å²) in [6.45, 7) is 2.31. The third-order valence-corrected chi connectivity index (χ3v) is 4.62. The second-order valence-electron chi connectivity index (χ2n) is 6.52. The number of hydrogen-bond acceptors (Lipinski definition) is 5. The first kappa shape index (κ1) is 16.6. The van der Waals surface area contributed by atoms with Gasteiger partial charge < -0.3 is 14.5 Å². The molecule has 1 saturated carbocycles. The van der Waals surface area contributed by atoms with E-state index < -0.39 is 0 Å². The van der Waals surface area contributed by atoms with Crippen molar-refractivity contribution in [3.05, 3.63) is 35.7 Å². The minimum absolute atomic E-state index is 0.0603. The number of rotatable bonds is 4. The van der Waals surface area contributed by atoms with Gasteiger partial charge in [0.15, 0.2) is 0 Å². The van der Waals surface area contributed by atoms with Crippen LogP contribution in [0, 0.1) is 12.8 Å². The lowest BCUT2D eigenvalue weighted by Gasteiger charge is -2.31. The van der Waals surface area contributed by atoms with Crippen molar-refractivity contribution < 1.29 is 14.4 Å². The maximum absolute atomic E-state index is 12.7. The zero-order valence-corrected chi connectivity index (χ0v) is 14.1. The normalized spacial score (nSPS) is 20.8. The van der Waals surface area contributed by atoms with Crippen LogP contribution in [0.2, 0.25) is 0 Å². The highest BCUT2D eigenvalue weighted by molar-refractivity contribution is 5.95. The van der Waals surface area contributed by atoms with Gasteiger partial charge in [-0.3, -0.25) is 4.79 Å². The summed E-state index contributed by atoms with van der Waals surface area (Å²) in [5, 5.41) is 14.0. The Kier molecular flexibility index (Phi) is 4.94. The maximum Gasteiger partial charge on any atom is 0.253 e. The Morgan fingerprint density at radius 2 is 2.17 bits per heavy atom. The first-order valence-corrected chi connectivity index (χ1v) is 8.39. The fraction of sp³-hybridized carbons (Fsp3) is 0.500. The Hall–Kier alpha value is -2.21. The van der Waals surface area contributed by atoms with Gasteiger partial charge in [-0.15, -0.1) is 0 Å². The van der Waals surface area contributed by atoms with Crippen molar-refractivity contribution in [1.82, 2.24) is 15.0 Å². The Bertz CT molecular complexity index is 713. The van der Waals surface area contributed by atoms with Crippen LogP contribution in [0.3, 0.4) is 0 Å². The van der Waals surface area contributed by atoms with Crippen LogP contribution in [0.15, 0.2) is 28.8 Å². The minimum Gasteiger partial charge on any atom is -0.393 e. The number of aliphatic hydroxyl groups is 1. The number of carbonyl (C=O) groups is 1. The molecule has 1 heterocycles. The fourth-order valence-corrected chi connectivity index (χ4v) is 3.26. The summed E-state index contributed by atoms with van der Waals surface area (Å²) in [5.41, 5.74) is 1.34. The van der Waals surface area contributed by atoms with Crippen LogP contribution in [-0.2, 0) is 0 Å². The summed E-state index contributed by atoms with van der Waals surface area (Å²) in [6.07, 6.45) is 3.70. The Labute approximate surface area is 141 Å². The molecule has 1 aromatic carbocycles. The predicted octanol–water partition coefficient (Wildman–Crippen LogP) is 2.67. The third-order valence-electron chi connectivity index (χ3n) is 4.62. The number of benzene rings is 1. The van der Waals surface area contributed by atoms with E-state index >= 15 is 0 Å². The summed E-state index contributed by atoms with van der Waals surface area (Å²) in [7, 11) is 1.79. The molecule has 3 rings (SSSR count). The highest BCUT2D eigenvalue weighted by atomic mass is 16.5. The van der Waals surface area contributed by atoms with Crippen molar-refractivity contribution in [2.45, 2.75) is 38.7 Å². The average molecular weight is 329 g/mol. The molecule has 0 aliphatic heterocycles. The highest BCUT2D eigenvalue weighted by Gasteiger charge is 2.26. The van der Waals surface area contributed by atoms with E-state index in [4.69, 9.17) is 4.52 Å². The number of hydrogen-bond donors (Lipinski definition) is 1. The molecule has 1 fully saturated rings. The largest absolute Gasteiger partial charge is 0.393 e. The zero-order chi connectivity index (χ0) is 17.1. The van der Waals surface area contributed by atoms with E-state index in [1.165, 1.54) is 0 Å². The molecule has 24 heavy (non-hydrogen) atoms. The van der Waals surface area contributed by atoms with Gasteiger partial charge in [-0.05, 0) is 25.0 Å². The van der Waals surface area contributed by atoms with Crippen LogP contribution in [0.25, 0.3) is 11.4 Å². The zero-order valence-electron chi connectivity index (χ0n) is 14.1. The van der Waals surface area contributed by atoms with E-state index in [0.717, 1.165) is 31.2 Å². The monoisotopic (exact) mass is 329 g/mol. The van der Waals surface area contributed by atoms with Crippen molar-refractivity contribution in [1.29, 1.82) is 0 Å². The Morgan fingerprint density at radius 3 is 2.88 bits per heavy atom. The van der Waals surface area contributed by atoms with Gasteiger partial charge >= 0.3 is 0 Å². The molecule has 1 aliphatic carbocycles. The van der Waals surface area contributed by atoms with E-state index in [1.807, 2.05) is 12.1 Å². The van der Waals surface area contributed by atoms with Gasteiger partial charge in [-0.2, -0.15) is 4.98 Å². The molecular weight excluding hydrogens is 306 g/mol. The molecule has 0 spiro atoms. The molecule has 1 N–H and O–H groups in total. The molecule has 0 radical (unpaired) electrons. The van der Waals surface area contributed by atoms with Crippen LogP contribution in [0.5, 0.6) is 0 Å². The van der Waals surface area contributed by atoms with Gasteiger partial charge in [0, 0.05) is 37.6 Å². The van der Waals surface area contributed by atoms with E-state index in [1.54, 1.807) is 31.0 Å². The van der Waals surface area contributed by atoms with E-state index in [2.05, 4.69) is 10.1 Å². The standard InChI is InChI=1S/C18H23N3O3/c1-12-19-17(20-24-12)13-7-5-8-14(10-13)18(23)21(2)11-15-6-3-4-9-16(15)22/h5,7-8,10,15-16,22H,3-4,6,9,11H2,1-2H3. The van der Waals surface area contributed by atoms with Crippen LogP contribution in [0.4, 0.5) is 0 Å². The molecular formula is C18H23N3O3. The average Bonchev–Trinajstić information content (AvgIpc) is 3.03. The summed E-state index contributed by atoms with van der Waals surface area (Å²) in [4.78, 5) is 18.6. The van der Waals surface area contributed by atoms with Gasteiger partial charge in [0.05, 0.1) is 6.10 Å². The van der Waals surface area contributed by atoms with Gasteiger partial charge in [0.25, 0.3) is 5.91 Å². The molecule has 0 bridgehead atoms. The highest BCUT2D eigenvalue weighted by Crippen LogP contribution is 2.25. The van der Waals surface area contributed by atoms with Crippen molar-refractivity contribution >= 4 is 5.91 Å². The van der Waals surface area contributed by atoms with Gasteiger partial charge in [0.1, 0.15) is 0 Å².